The number of hydrogen-bond donors (Lipinski definition) is 1. The molecule has 5 heteroatoms. The number of amides is 2. The second-order valence-electron chi connectivity index (χ2n) is 6.06. The normalized spacial score (nSPS) is 17.4. The average Bonchev–Trinajstić information content (AvgIpc) is 2.91. The van der Waals surface area contributed by atoms with E-state index in [9.17, 15) is 9.00 Å². The predicted molar refractivity (Wildman–Crippen MR) is 98.6 cm³/mol. The van der Waals surface area contributed by atoms with Gasteiger partial charge in [-0.3, -0.25) is 9.11 Å². The second kappa shape index (κ2) is 7.62. The molecule has 24 heavy (non-hydrogen) atoms. The molecule has 0 unspecified atom stereocenters. The quantitative estimate of drug-likeness (QED) is 0.908. The number of nitrogens with zero attached hydrogens (tertiary/aromatic N) is 1. The molecule has 1 heterocycles. The van der Waals surface area contributed by atoms with Crippen molar-refractivity contribution in [2.24, 2.45) is 0 Å². The zero-order chi connectivity index (χ0) is 16.9. The van der Waals surface area contributed by atoms with E-state index < -0.39 is 10.8 Å². The summed E-state index contributed by atoms with van der Waals surface area (Å²) in [7, 11) is -0.976. The van der Waals surface area contributed by atoms with Crippen molar-refractivity contribution in [1.29, 1.82) is 0 Å². The van der Waals surface area contributed by atoms with E-state index in [0.29, 0.717) is 18.1 Å². The molecule has 2 aromatic rings. The molecule has 0 aromatic heterocycles. The molecule has 0 saturated heterocycles. The number of nitrogens with one attached hydrogen (secondary N) is 1. The van der Waals surface area contributed by atoms with Gasteiger partial charge >= 0.3 is 6.03 Å². The Balaban J connectivity index is 1.50. The lowest BCUT2D eigenvalue weighted by molar-refractivity contribution is 0.245. The van der Waals surface area contributed by atoms with Crippen LogP contribution in [0.5, 0.6) is 0 Å². The molecule has 126 valence electrons. The van der Waals surface area contributed by atoms with Crippen molar-refractivity contribution in [3.8, 4) is 0 Å². The molecule has 1 aliphatic rings. The molecule has 3 rings (SSSR count). The van der Waals surface area contributed by atoms with Gasteiger partial charge in [-0.2, -0.15) is 0 Å². The molecule has 0 spiro atoms. The minimum absolute atomic E-state index is 0.107. The number of benzene rings is 2. The lowest BCUT2D eigenvalue weighted by atomic mass is 10.1. The first kappa shape index (κ1) is 16.7. The predicted octanol–water partition coefficient (Wildman–Crippen LogP) is 3.10. The van der Waals surface area contributed by atoms with Crippen LogP contribution in [0.3, 0.4) is 0 Å². The highest BCUT2D eigenvalue weighted by Crippen LogP contribution is 2.31. The van der Waals surface area contributed by atoms with Crippen molar-refractivity contribution in [2.75, 3.05) is 17.2 Å². The van der Waals surface area contributed by atoms with Gasteiger partial charge in [-0.05, 0) is 30.5 Å². The molecule has 0 aliphatic carbocycles. The van der Waals surface area contributed by atoms with E-state index in [4.69, 9.17) is 0 Å². The van der Waals surface area contributed by atoms with Crippen LogP contribution in [-0.2, 0) is 23.0 Å². The maximum Gasteiger partial charge on any atom is 0.322 e. The van der Waals surface area contributed by atoms with Gasteiger partial charge in [0, 0.05) is 40.6 Å². The fraction of sp³-hybridized carbons (Fsp3) is 0.316. The largest absolute Gasteiger partial charge is 0.337 e. The zero-order valence-corrected chi connectivity index (χ0v) is 14.6. The average molecular weight is 342 g/mol. The van der Waals surface area contributed by atoms with Crippen LogP contribution in [0.4, 0.5) is 10.5 Å². The van der Waals surface area contributed by atoms with Gasteiger partial charge in [-0.1, -0.05) is 48.5 Å². The minimum atomic E-state index is -0.976. The standard InChI is InChI=1S/C19H22N2O2S/c1-15-13-17-9-5-6-10-18(17)21(15)19(22)20-11-12-24(23)14-16-7-3-2-4-8-16/h2-10,15H,11-14H2,1H3,(H,20,22)/t15-,24+/m0/s1. The minimum Gasteiger partial charge on any atom is -0.337 e. The third-order valence-corrected chi connectivity index (χ3v) is 5.52. The smallest absolute Gasteiger partial charge is 0.322 e. The summed E-state index contributed by atoms with van der Waals surface area (Å²) < 4.78 is 12.1. The number of urea groups is 1. The summed E-state index contributed by atoms with van der Waals surface area (Å²) in [5.41, 5.74) is 3.24. The molecule has 0 bridgehead atoms. The summed E-state index contributed by atoms with van der Waals surface area (Å²) in [5.74, 6) is 0.990. The van der Waals surface area contributed by atoms with E-state index >= 15 is 0 Å². The number of rotatable bonds is 5. The Morgan fingerprint density at radius 2 is 1.88 bits per heavy atom. The van der Waals surface area contributed by atoms with Crippen LogP contribution in [0, 0.1) is 0 Å². The monoisotopic (exact) mass is 342 g/mol. The van der Waals surface area contributed by atoms with Gasteiger partial charge in [0.25, 0.3) is 0 Å². The van der Waals surface area contributed by atoms with E-state index in [1.54, 1.807) is 4.90 Å². The highest BCUT2D eigenvalue weighted by atomic mass is 32.2. The first-order chi connectivity index (χ1) is 11.6. The molecule has 2 atom stereocenters. The fourth-order valence-corrected chi connectivity index (χ4v) is 4.10. The number of carbonyl (C=O) groups is 1. The Morgan fingerprint density at radius 3 is 2.67 bits per heavy atom. The lowest BCUT2D eigenvalue weighted by Crippen LogP contribution is -2.44. The van der Waals surface area contributed by atoms with Crippen LogP contribution >= 0.6 is 0 Å². The van der Waals surface area contributed by atoms with E-state index in [0.717, 1.165) is 17.7 Å². The number of hydrogen-bond acceptors (Lipinski definition) is 2. The molecule has 0 fully saturated rings. The summed E-state index contributed by atoms with van der Waals surface area (Å²) in [6.45, 7) is 2.47. The highest BCUT2D eigenvalue weighted by molar-refractivity contribution is 7.84. The number of carbonyl (C=O) groups excluding carboxylic acids is 1. The van der Waals surface area contributed by atoms with E-state index in [1.165, 1.54) is 5.56 Å². The molecule has 2 aromatic carbocycles. The third kappa shape index (κ3) is 3.85. The summed E-state index contributed by atoms with van der Waals surface area (Å²) in [6, 6.07) is 17.8. The van der Waals surface area contributed by atoms with E-state index in [1.807, 2.05) is 55.5 Å². The third-order valence-electron chi connectivity index (χ3n) is 4.20. The number of para-hydroxylation sites is 1. The van der Waals surface area contributed by atoms with Crippen LogP contribution in [0.2, 0.25) is 0 Å². The molecule has 0 saturated carbocycles. The molecule has 0 radical (unpaired) electrons. The van der Waals surface area contributed by atoms with Crippen molar-refractivity contribution in [2.45, 2.75) is 25.1 Å². The Labute approximate surface area is 145 Å². The van der Waals surface area contributed by atoms with E-state index in [2.05, 4.69) is 11.4 Å². The molecule has 4 nitrogen and oxygen atoms in total. The van der Waals surface area contributed by atoms with Crippen LogP contribution < -0.4 is 10.2 Å². The van der Waals surface area contributed by atoms with Gasteiger partial charge in [0.2, 0.25) is 0 Å². The van der Waals surface area contributed by atoms with Gasteiger partial charge in [0.1, 0.15) is 0 Å². The van der Waals surface area contributed by atoms with Crippen molar-refractivity contribution in [1.82, 2.24) is 5.32 Å². The molecule has 2 amide bonds. The SMILES string of the molecule is C[C@H]1Cc2ccccc2N1C(=O)NCC[S@@](=O)Cc1ccccc1. The van der Waals surface area contributed by atoms with Crippen LogP contribution in [0.15, 0.2) is 54.6 Å². The summed E-state index contributed by atoms with van der Waals surface area (Å²) in [4.78, 5) is 14.3. The topological polar surface area (TPSA) is 49.4 Å². The van der Waals surface area contributed by atoms with Crippen molar-refractivity contribution in [3.63, 3.8) is 0 Å². The number of fused-ring (bicyclic) bond motifs is 1. The Morgan fingerprint density at radius 1 is 1.17 bits per heavy atom. The first-order valence-corrected chi connectivity index (χ1v) is 9.68. The van der Waals surface area contributed by atoms with Gasteiger partial charge in [-0.15, -0.1) is 0 Å². The Hall–Kier alpha value is -2.14. The molecule has 1 aliphatic heterocycles. The van der Waals surface area contributed by atoms with Gasteiger partial charge < -0.3 is 5.32 Å². The molecular weight excluding hydrogens is 320 g/mol. The van der Waals surface area contributed by atoms with Crippen molar-refractivity contribution in [3.05, 3.63) is 65.7 Å². The van der Waals surface area contributed by atoms with Crippen LogP contribution in [0.25, 0.3) is 0 Å². The highest BCUT2D eigenvalue weighted by Gasteiger charge is 2.30. The lowest BCUT2D eigenvalue weighted by Gasteiger charge is -2.23. The first-order valence-electron chi connectivity index (χ1n) is 8.19. The summed E-state index contributed by atoms with van der Waals surface area (Å²) in [5, 5.41) is 2.91. The van der Waals surface area contributed by atoms with Gasteiger partial charge in [0.05, 0.1) is 0 Å². The zero-order valence-electron chi connectivity index (χ0n) is 13.8. The Bertz CT molecular complexity index is 733. The van der Waals surface area contributed by atoms with Crippen LogP contribution in [0.1, 0.15) is 18.1 Å². The van der Waals surface area contributed by atoms with E-state index in [-0.39, 0.29) is 12.1 Å². The molecule has 1 N–H and O–H groups in total. The number of anilines is 1. The summed E-state index contributed by atoms with van der Waals surface area (Å²) >= 11 is 0. The molecular formula is C19H22N2O2S. The van der Waals surface area contributed by atoms with Crippen molar-refractivity contribution >= 4 is 22.5 Å². The second-order valence-corrected chi connectivity index (χ2v) is 7.63. The summed E-state index contributed by atoms with van der Waals surface area (Å²) in [6.07, 6.45) is 0.879. The Kier molecular flexibility index (Phi) is 5.30. The fourth-order valence-electron chi connectivity index (χ4n) is 3.06. The van der Waals surface area contributed by atoms with Gasteiger partial charge in [-0.25, -0.2) is 4.79 Å². The maximum atomic E-state index is 12.5. The van der Waals surface area contributed by atoms with Crippen molar-refractivity contribution < 1.29 is 9.00 Å². The maximum absolute atomic E-state index is 12.5. The van der Waals surface area contributed by atoms with Crippen LogP contribution in [-0.4, -0.2) is 28.6 Å². The van der Waals surface area contributed by atoms with Gasteiger partial charge in [0.15, 0.2) is 0 Å².